The molecule has 1 unspecified atom stereocenters. The van der Waals surface area contributed by atoms with Crippen LogP contribution in [0.3, 0.4) is 0 Å². The van der Waals surface area contributed by atoms with Crippen molar-refractivity contribution in [1.29, 1.82) is 0 Å². The SMILES string of the molecule is CCOC1CCN(CCCO)C1. The van der Waals surface area contributed by atoms with E-state index in [1.54, 1.807) is 0 Å². The first-order valence-corrected chi connectivity index (χ1v) is 4.81. The maximum Gasteiger partial charge on any atom is 0.0714 e. The predicted molar refractivity (Wildman–Crippen MR) is 48.2 cm³/mol. The standard InChI is InChI=1S/C9H19NO2/c1-2-12-9-4-6-10(8-9)5-3-7-11/h9,11H,2-8H2,1H3. The van der Waals surface area contributed by atoms with E-state index in [-0.39, 0.29) is 0 Å². The third-order valence-corrected chi connectivity index (χ3v) is 2.26. The minimum absolute atomic E-state index is 0.301. The zero-order valence-electron chi connectivity index (χ0n) is 7.83. The van der Waals surface area contributed by atoms with E-state index in [4.69, 9.17) is 9.84 Å². The number of likely N-dealkylation sites (tertiary alicyclic amines) is 1. The van der Waals surface area contributed by atoms with Crippen LogP contribution in [0.4, 0.5) is 0 Å². The van der Waals surface area contributed by atoms with E-state index in [9.17, 15) is 0 Å². The van der Waals surface area contributed by atoms with E-state index in [0.29, 0.717) is 12.7 Å². The number of ether oxygens (including phenoxy) is 1. The summed E-state index contributed by atoms with van der Waals surface area (Å²) in [6.45, 7) is 6.35. The fourth-order valence-electron chi connectivity index (χ4n) is 1.67. The highest BCUT2D eigenvalue weighted by atomic mass is 16.5. The third-order valence-electron chi connectivity index (χ3n) is 2.26. The quantitative estimate of drug-likeness (QED) is 0.656. The fraction of sp³-hybridized carbons (Fsp3) is 1.00. The molecule has 0 aliphatic carbocycles. The van der Waals surface area contributed by atoms with Gasteiger partial charge in [0.25, 0.3) is 0 Å². The Morgan fingerprint density at radius 3 is 3.08 bits per heavy atom. The molecule has 1 saturated heterocycles. The van der Waals surface area contributed by atoms with Crippen molar-refractivity contribution in [2.75, 3.05) is 32.8 Å². The van der Waals surface area contributed by atoms with E-state index in [0.717, 1.165) is 39.1 Å². The Balaban J connectivity index is 2.08. The second kappa shape index (κ2) is 5.51. The van der Waals surface area contributed by atoms with E-state index < -0.39 is 0 Å². The van der Waals surface area contributed by atoms with Crippen molar-refractivity contribution in [2.45, 2.75) is 25.9 Å². The molecule has 0 aromatic heterocycles. The van der Waals surface area contributed by atoms with Gasteiger partial charge in [-0.2, -0.15) is 0 Å². The van der Waals surface area contributed by atoms with Crippen molar-refractivity contribution >= 4 is 0 Å². The summed E-state index contributed by atoms with van der Waals surface area (Å²) in [4.78, 5) is 2.36. The Morgan fingerprint density at radius 2 is 2.42 bits per heavy atom. The Kier molecular flexibility index (Phi) is 4.58. The van der Waals surface area contributed by atoms with E-state index in [1.807, 2.05) is 6.92 Å². The first-order valence-electron chi connectivity index (χ1n) is 4.81. The summed E-state index contributed by atoms with van der Waals surface area (Å²) < 4.78 is 5.51. The van der Waals surface area contributed by atoms with Gasteiger partial charge in [-0.25, -0.2) is 0 Å². The Bertz CT molecular complexity index is 119. The number of nitrogens with zero attached hydrogens (tertiary/aromatic N) is 1. The first kappa shape index (κ1) is 9.96. The number of rotatable bonds is 5. The summed E-state index contributed by atoms with van der Waals surface area (Å²) in [6, 6.07) is 0. The summed E-state index contributed by atoms with van der Waals surface area (Å²) in [5.74, 6) is 0. The average molecular weight is 173 g/mol. The van der Waals surface area contributed by atoms with Crippen molar-refractivity contribution < 1.29 is 9.84 Å². The molecule has 1 atom stereocenters. The molecule has 1 aliphatic heterocycles. The molecule has 0 radical (unpaired) electrons. The zero-order valence-corrected chi connectivity index (χ0v) is 7.83. The number of aliphatic hydroxyl groups is 1. The molecule has 1 heterocycles. The van der Waals surface area contributed by atoms with Crippen LogP contribution in [0.5, 0.6) is 0 Å². The van der Waals surface area contributed by atoms with Gasteiger partial charge in [-0.1, -0.05) is 0 Å². The molecule has 72 valence electrons. The largest absolute Gasteiger partial charge is 0.396 e. The lowest BCUT2D eigenvalue weighted by molar-refractivity contribution is 0.0683. The second-order valence-electron chi connectivity index (χ2n) is 3.24. The Hall–Kier alpha value is -0.120. The highest BCUT2D eigenvalue weighted by Gasteiger charge is 2.21. The van der Waals surface area contributed by atoms with Crippen LogP contribution in [0.25, 0.3) is 0 Å². The van der Waals surface area contributed by atoms with Gasteiger partial charge in [0.05, 0.1) is 6.10 Å². The summed E-state index contributed by atoms with van der Waals surface area (Å²) in [7, 11) is 0. The molecule has 0 bridgehead atoms. The van der Waals surface area contributed by atoms with Gasteiger partial charge in [-0.05, 0) is 19.8 Å². The van der Waals surface area contributed by atoms with Gasteiger partial charge >= 0.3 is 0 Å². The monoisotopic (exact) mass is 173 g/mol. The molecule has 1 aliphatic rings. The van der Waals surface area contributed by atoms with Crippen LogP contribution < -0.4 is 0 Å². The van der Waals surface area contributed by atoms with Crippen molar-refractivity contribution in [3.63, 3.8) is 0 Å². The molecule has 1 fully saturated rings. The molecule has 0 aromatic carbocycles. The summed E-state index contributed by atoms with van der Waals surface area (Å²) in [5.41, 5.74) is 0. The van der Waals surface area contributed by atoms with Crippen molar-refractivity contribution in [2.24, 2.45) is 0 Å². The molecule has 3 nitrogen and oxygen atoms in total. The van der Waals surface area contributed by atoms with Crippen LogP contribution in [0.1, 0.15) is 19.8 Å². The topological polar surface area (TPSA) is 32.7 Å². The van der Waals surface area contributed by atoms with Crippen molar-refractivity contribution in [3.05, 3.63) is 0 Å². The van der Waals surface area contributed by atoms with Gasteiger partial charge in [-0.15, -0.1) is 0 Å². The van der Waals surface area contributed by atoms with Crippen LogP contribution in [-0.4, -0.2) is 49.0 Å². The minimum Gasteiger partial charge on any atom is -0.396 e. The second-order valence-corrected chi connectivity index (χ2v) is 3.24. The van der Waals surface area contributed by atoms with Gasteiger partial charge in [0.1, 0.15) is 0 Å². The normalized spacial score (nSPS) is 25.0. The van der Waals surface area contributed by atoms with Crippen LogP contribution in [0.15, 0.2) is 0 Å². The summed E-state index contributed by atoms with van der Waals surface area (Å²) in [5, 5.41) is 8.64. The maximum atomic E-state index is 8.64. The summed E-state index contributed by atoms with van der Waals surface area (Å²) >= 11 is 0. The lowest BCUT2D eigenvalue weighted by Crippen LogP contribution is -2.24. The molecule has 1 N–H and O–H groups in total. The Morgan fingerprint density at radius 1 is 1.58 bits per heavy atom. The Labute approximate surface area is 74.3 Å². The molecule has 1 rings (SSSR count). The average Bonchev–Trinajstić information content (AvgIpc) is 2.50. The molecule has 3 heteroatoms. The number of aliphatic hydroxyl groups excluding tert-OH is 1. The molecule has 0 amide bonds. The highest BCUT2D eigenvalue weighted by Crippen LogP contribution is 2.12. The van der Waals surface area contributed by atoms with Gasteiger partial charge in [0.15, 0.2) is 0 Å². The van der Waals surface area contributed by atoms with Crippen LogP contribution in [0, 0.1) is 0 Å². The van der Waals surface area contributed by atoms with Gasteiger partial charge in [-0.3, -0.25) is 0 Å². The molecular weight excluding hydrogens is 154 g/mol. The molecule has 12 heavy (non-hydrogen) atoms. The molecule has 0 spiro atoms. The maximum absolute atomic E-state index is 8.64. The lowest BCUT2D eigenvalue weighted by atomic mass is 10.3. The van der Waals surface area contributed by atoms with Crippen molar-refractivity contribution in [3.8, 4) is 0 Å². The molecular formula is C9H19NO2. The number of hydrogen-bond acceptors (Lipinski definition) is 3. The van der Waals surface area contributed by atoms with Gasteiger partial charge in [0, 0.05) is 32.8 Å². The summed E-state index contributed by atoms with van der Waals surface area (Å²) in [6.07, 6.45) is 2.48. The molecule has 0 aromatic rings. The fourth-order valence-corrected chi connectivity index (χ4v) is 1.67. The highest BCUT2D eigenvalue weighted by molar-refractivity contribution is 4.75. The van der Waals surface area contributed by atoms with Crippen LogP contribution in [-0.2, 0) is 4.74 Å². The zero-order chi connectivity index (χ0) is 8.81. The first-order chi connectivity index (χ1) is 5.86. The number of hydrogen-bond donors (Lipinski definition) is 1. The van der Waals surface area contributed by atoms with Crippen LogP contribution >= 0.6 is 0 Å². The van der Waals surface area contributed by atoms with Crippen molar-refractivity contribution in [1.82, 2.24) is 4.90 Å². The molecule has 0 saturated carbocycles. The van der Waals surface area contributed by atoms with E-state index in [1.165, 1.54) is 0 Å². The van der Waals surface area contributed by atoms with Gasteiger partial charge in [0.2, 0.25) is 0 Å². The lowest BCUT2D eigenvalue weighted by Gasteiger charge is -2.14. The minimum atomic E-state index is 0.301. The smallest absolute Gasteiger partial charge is 0.0714 e. The third kappa shape index (κ3) is 3.09. The van der Waals surface area contributed by atoms with Gasteiger partial charge < -0.3 is 14.7 Å². The van der Waals surface area contributed by atoms with E-state index >= 15 is 0 Å². The van der Waals surface area contributed by atoms with Crippen LogP contribution in [0.2, 0.25) is 0 Å². The van der Waals surface area contributed by atoms with E-state index in [2.05, 4.69) is 4.90 Å². The predicted octanol–water partition coefficient (Wildman–Crippen LogP) is 0.480.